The third kappa shape index (κ3) is 2.82. The van der Waals surface area contributed by atoms with Crippen LogP contribution in [-0.2, 0) is 7.05 Å². The molecule has 0 saturated heterocycles. The summed E-state index contributed by atoms with van der Waals surface area (Å²) in [4.78, 5) is 12.0. The van der Waals surface area contributed by atoms with Gasteiger partial charge in [-0.15, -0.1) is 0 Å². The third-order valence-corrected chi connectivity index (χ3v) is 2.95. The zero-order valence-electron chi connectivity index (χ0n) is 10.2. The van der Waals surface area contributed by atoms with E-state index in [9.17, 15) is 4.79 Å². The number of amides is 1. The van der Waals surface area contributed by atoms with Gasteiger partial charge in [0.2, 0.25) is 0 Å². The van der Waals surface area contributed by atoms with E-state index in [1.807, 2.05) is 13.8 Å². The Kier molecular flexibility index (Phi) is 4.06. The van der Waals surface area contributed by atoms with Crippen LogP contribution in [0.3, 0.4) is 0 Å². The third-order valence-electron chi connectivity index (χ3n) is 2.95. The molecule has 0 fully saturated rings. The monoisotopic (exact) mass is 224 g/mol. The Morgan fingerprint density at radius 3 is 2.81 bits per heavy atom. The molecule has 1 atom stereocenters. The van der Waals surface area contributed by atoms with Gasteiger partial charge in [0.1, 0.15) is 5.69 Å². The Morgan fingerprint density at radius 1 is 1.69 bits per heavy atom. The van der Waals surface area contributed by atoms with Crippen LogP contribution in [0.4, 0.5) is 0 Å². The highest BCUT2D eigenvalue weighted by atomic mass is 16.2. The van der Waals surface area contributed by atoms with Crippen molar-refractivity contribution in [3.63, 3.8) is 0 Å². The fourth-order valence-corrected chi connectivity index (χ4v) is 1.58. The first-order valence-electron chi connectivity index (χ1n) is 5.53. The predicted molar refractivity (Wildman–Crippen MR) is 63.0 cm³/mol. The average Bonchev–Trinajstić information content (AvgIpc) is 2.65. The van der Waals surface area contributed by atoms with Crippen molar-refractivity contribution in [1.29, 1.82) is 0 Å². The maximum Gasteiger partial charge on any atom is 0.269 e. The normalized spacial score (nSPS) is 14.5. The molecule has 5 heteroatoms. The molecule has 0 spiro atoms. The van der Waals surface area contributed by atoms with E-state index < -0.39 is 0 Å². The van der Waals surface area contributed by atoms with Gasteiger partial charge < -0.3 is 11.1 Å². The first-order chi connectivity index (χ1) is 7.52. The molecule has 1 rings (SSSR count). The zero-order valence-corrected chi connectivity index (χ0v) is 10.2. The SMILES string of the molecule is CCC(C)(CCN)NC(=O)c1ccnn1C. The number of nitrogens with two attached hydrogens (primary N) is 1. The molecule has 1 amide bonds. The number of rotatable bonds is 5. The topological polar surface area (TPSA) is 72.9 Å². The number of aryl methyl sites for hydroxylation is 1. The van der Waals surface area contributed by atoms with Crippen molar-refractivity contribution >= 4 is 5.91 Å². The standard InChI is InChI=1S/C11H20N4O/c1-4-11(2,6-7-12)14-10(16)9-5-8-13-15(9)3/h5,8H,4,6-7,12H2,1-3H3,(H,14,16). The lowest BCUT2D eigenvalue weighted by atomic mass is 9.94. The lowest BCUT2D eigenvalue weighted by molar-refractivity contribution is 0.0890. The van der Waals surface area contributed by atoms with Crippen molar-refractivity contribution in [2.24, 2.45) is 12.8 Å². The minimum Gasteiger partial charge on any atom is -0.346 e. The molecule has 0 bridgehead atoms. The van der Waals surface area contributed by atoms with Crippen LogP contribution in [0, 0.1) is 0 Å². The van der Waals surface area contributed by atoms with Gasteiger partial charge in [-0.05, 0) is 32.4 Å². The van der Waals surface area contributed by atoms with Gasteiger partial charge in [-0.25, -0.2) is 0 Å². The maximum absolute atomic E-state index is 12.0. The summed E-state index contributed by atoms with van der Waals surface area (Å²) in [6.07, 6.45) is 3.24. The number of carbonyl (C=O) groups is 1. The summed E-state index contributed by atoms with van der Waals surface area (Å²) >= 11 is 0. The van der Waals surface area contributed by atoms with E-state index in [0.717, 1.165) is 12.8 Å². The van der Waals surface area contributed by atoms with Crippen LogP contribution in [0.1, 0.15) is 37.2 Å². The van der Waals surface area contributed by atoms with Crippen LogP contribution >= 0.6 is 0 Å². The number of nitrogens with zero attached hydrogens (tertiary/aromatic N) is 2. The van der Waals surface area contributed by atoms with Crippen LogP contribution in [0.25, 0.3) is 0 Å². The summed E-state index contributed by atoms with van der Waals surface area (Å²) in [6, 6.07) is 1.70. The molecular formula is C11H20N4O. The molecule has 5 nitrogen and oxygen atoms in total. The lowest BCUT2D eigenvalue weighted by Crippen LogP contribution is -2.47. The van der Waals surface area contributed by atoms with Gasteiger partial charge in [0.25, 0.3) is 5.91 Å². The summed E-state index contributed by atoms with van der Waals surface area (Å²) in [5, 5.41) is 6.98. The van der Waals surface area contributed by atoms with E-state index in [2.05, 4.69) is 10.4 Å². The van der Waals surface area contributed by atoms with E-state index >= 15 is 0 Å². The second-order valence-electron chi connectivity index (χ2n) is 4.25. The zero-order chi connectivity index (χ0) is 12.2. The Balaban J connectivity index is 2.73. The second kappa shape index (κ2) is 5.12. The first-order valence-corrected chi connectivity index (χ1v) is 5.53. The molecule has 16 heavy (non-hydrogen) atoms. The number of hydrogen-bond donors (Lipinski definition) is 2. The van der Waals surface area contributed by atoms with Gasteiger partial charge in [-0.1, -0.05) is 6.92 Å². The quantitative estimate of drug-likeness (QED) is 0.772. The summed E-state index contributed by atoms with van der Waals surface area (Å²) < 4.78 is 1.56. The van der Waals surface area contributed by atoms with E-state index in [1.165, 1.54) is 0 Å². The molecule has 0 aliphatic rings. The largest absolute Gasteiger partial charge is 0.346 e. The van der Waals surface area contributed by atoms with Crippen LogP contribution in [0.2, 0.25) is 0 Å². The Bertz CT molecular complexity index is 361. The Hall–Kier alpha value is -1.36. The number of hydrogen-bond acceptors (Lipinski definition) is 3. The molecule has 0 saturated carbocycles. The van der Waals surface area contributed by atoms with Crippen molar-refractivity contribution in [2.45, 2.75) is 32.2 Å². The highest BCUT2D eigenvalue weighted by molar-refractivity contribution is 5.92. The Morgan fingerprint density at radius 2 is 2.38 bits per heavy atom. The van der Waals surface area contributed by atoms with Gasteiger partial charge in [-0.2, -0.15) is 5.10 Å². The van der Waals surface area contributed by atoms with Crippen molar-refractivity contribution in [2.75, 3.05) is 6.54 Å². The molecule has 90 valence electrons. The summed E-state index contributed by atoms with van der Waals surface area (Å²) in [7, 11) is 1.75. The molecule has 1 heterocycles. The molecule has 1 aromatic rings. The minimum absolute atomic E-state index is 0.0993. The molecule has 0 aliphatic carbocycles. The van der Waals surface area contributed by atoms with Gasteiger partial charge in [0.15, 0.2) is 0 Å². The van der Waals surface area contributed by atoms with Crippen molar-refractivity contribution < 1.29 is 4.79 Å². The summed E-state index contributed by atoms with van der Waals surface area (Å²) in [5.74, 6) is -0.0993. The number of carbonyl (C=O) groups excluding carboxylic acids is 1. The van der Waals surface area contributed by atoms with E-state index in [-0.39, 0.29) is 11.4 Å². The molecule has 0 radical (unpaired) electrons. The van der Waals surface area contributed by atoms with Gasteiger partial charge in [0, 0.05) is 18.8 Å². The highest BCUT2D eigenvalue weighted by Crippen LogP contribution is 2.14. The van der Waals surface area contributed by atoms with E-state index in [1.54, 1.807) is 24.0 Å². The molecule has 0 aromatic carbocycles. The van der Waals surface area contributed by atoms with Gasteiger partial charge in [-0.3, -0.25) is 9.48 Å². The van der Waals surface area contributed by atoms with E-state index in [4.69, 9.17) is 5.73 Å². The minimum atomic E-state index is -0.240. The molecule has 0 aliphatic heterocycles. The van der Waals surface area contributed by atoms with Crippen LogP contribution in [0.15, 0.2) is 12.3 Å². The van der Waals surface area contributed by atoms with Crippen molar-refractivity contribution in [3.05, 3.63) is 18.0 Å². The number of aromatic nitrogens is 2. The molecule has 1 unspecified atom stereocenters. The first kappa shape index (κ1) is 12.7. The molecule has 3 N–H and O–H groups in total. The second-order valence-corrected chi connectivity index (χ2v) is 4.25. The summed E-state index contributed by atoms with van der Waals surface area (Å²) in [5.41, 5.74) is 5.87. The predicted octanol–water partition coefficient (Wildman–Crippen LogP) is 0.667. The Labute approximate surface area is 96.0 Å². The van der Waals surface area contributed by atoms with E-state index in [0.29, 0.717) is 12.2 Å². The molecule has 1 aromatic heterocycles. The highest BCUT2D eigenvalue weighted by Gasteiger charge is 2.24. The van der Waals surface area contributed by atoms with Crippen molar-refractivity contribution in [1.82, 2.24) is 15.1 Å². The maximum atomic E-state index is 12.0. The van der Waals surface area contributed by atoms with Crippen LogP contribution in [-0.4, -0.2) is 27.8 Å². The summed E-state index contributed by atoms with van der Waals surface area (Å²) in [6.45, 7) is 4.61. The average molecular weight is 224 g/mol. The van der Waals surface area contributed by atoms with Crippen molar-refractivity contribution in [3.8, 4) is 0 Å². The molecular weight excluding hydrogens is 204 g/mol. The smallest absolute Gasteiger partial charge is 0.269 e. The lowest BCUT2D eigenvalue weighted by Gasteiger charge is -2.29. The van der Waals surface area contributed by atoms with Crippen LogP contribution < -0.4 is 11.1 Å². The van der Waals surface area contributed by atoms with Gasteiger partial charge >= 0.3 is 0 Å². The van der Waals surface area contributed by atoms with Crippen LogP contribution in [0.5, 0.6) is 0 Å². The van der Waals surface area contributed by atoms with Gasteiger partial charge in [0.05, 0.1) is 0 Å². The fraction of sp³-hybridized carbons (Fsp3) is 0.636. The number of nitrogens with one attached hydrogen (secondary N) is 1. The fourth-order valence-electron chi connectivity index (χ4n) is 1.58.